The Kier molecular flexibility index (Phi) is 7.19. The second-order valence-corrected chi connectivity index (χ2v) is 9.37. The number of aromatic nitrogens is 1. The lowest BCUT2D eigenvalue weighted by atomic mass is 10.1. The summed E-state index contributed by atoms with van der Waals surface area (Å²) < 4.78 is 1.15. The molecule has 5 nitrogen and oxygen atoms in total. The van der Waals surface area contributed by atoms with Crippen molar-refractivity contribution in [3.8, 4) is 0 Å². The van der Waals surface area contributed by atoms with E-state index < -0.39 is 0 Å². The van der Waals surface area contributed by atoms with Crippen molar-refractivity contribution in [1.29, 1.82) is 0 Å². The molecule has 0 fully saturated rings. The molecule has 0 aliphatic heterocycles. The van der Waals surface area contributed by atoms with Gasteiger partial charge in [-0.2, -0.15) is 0 Å². The van der Waals surface area contributed by atoms with Gasteiger partial charge in [0.15, 0.2) is 0 Å². The van der Waals surface area contributed by atoms with Gasteiger partial charge in [0.2, 0.25) is 5.91 Å². The summed E-state index contributed by atoms with van der Waals surface area (Å²) in [6.45, 7) is 1.94. The van der Waals surface area contributed by atoms with Gasteiger partial charge in [-0.3, -0.25) is 9.59 Å². The van der Waals surface area contributed by atoms with Crippen LogP contribution in [-0.4, -0.2) is 22.6 Å². The lowest BCUT2D eigenvalue weighted by Crippen LogP contribution is -2.28. The molecular weight excluding hydrogens is 438 g/mol. The first kappa shape index (κ1) is 22.0. The number of thioether (sulfide) groups is 1. The van der Waals surface area contributed by atoms with Crippen LogP contribution in [-0.2, 0) is 10.5 Å². The van der Waals surface area contributed by atoms with Crippen molar-refractivity contribution >= 4 is 50.8 Å². The molecule has 162 valence electrons. The Morgan fingerprint density at radius 3 is 2.50 bits per heavy atom. The van der Waals surface area contributed by atoms with Crippen LogP contribution >= 0.6 is 23.1 Å². The molecule has 1 heterocycles. The number of rotatable bonds is 8. The Balaban J connectivity index is 1.33. The third-order valence-electron chi connectivity index (χ3n) is 4.89. The van der Waals surface area contributed by atoms with Gasteiger partial charge in [0, 0.05) is 5.75 Å². The zero-order valence-corrected chi connectivity index (χ0v) is 19.2. The monoisotopic (exact) mass is 461 g/mol. The molecule has 3 aromatic carbocycles. The van der Waals surface area contributed by atoms with E-state index in [0.29, 0.717) is 17.0 Å². The highest BCUT2D eigenvalue weighted by molar-refractivity contribution is 7.99. The second-order valence-electron chi connectivity index (χ2n) is 7.27. The van der Waals surface area contributed by atoms with E-state index in [1.807, 2.05) is 55.5 Å². The van der Waals surface area contributed by atoms with Gasteiger partial charge < -0.3 is 10.6 Å². The molecule has 0 radical (unpaired) electrons. The Morgan fingerprint density at radius 1 is 0.969 bits per heavy atom. The average molecular weight is 462 g/mol. The highest BCUT2D eigenvalue weighted by Gasteiger charge is 2.16. The summed E-state index contributed by atoms with van der Waals surface area (Å²) >= 11 is 3.15. The van der Waals surface area contributed by atoms with Gasteiger partial charge in [-0.15, -0.1) is 23.1 Å². The Bertz CT molecular complexity index is 1190. The lowest BCUT2D eigenvalue weighted by Gasteiger charge is -2.16. The van der Waals surface area contributed by atoms with Crippen LogP contribution in [0.2, 0.25) is 0 Å². The number of amides is 2. The van der Waals surface area contributed by atoms with Crippen LogP contribution in [0, 0.1) is 0 Å². The third kappa shape index (κ3) is 5.55. The highest BCUT2D eigenvalue weighted by atomic mass is 32.2. The van der Waals surface area contributed by atoms with E-state index in [2.05, 4.69) is 21.7 Å². The number of hydrogen-bond donors (Lipinski definition) is 2. The molecule has 2 amide bonds. The van der Waals surface area contributed by atoms with Crippen LogP contribution in [0.4, 0.5) is 5.69 Å². The van der Waals surface area contributed by atoms with E-state index in [1.54, 1.807) is 35.6 Å². The fourth-order valence-electron chi connectivity index (χ4n) is 3.29. The topological polar surface area (TPSA) is 71.1 Å². The standard InChI is InChI=1S/C25H23N3O2S2/c1-17(18-9-3-2-4-10-18)26-25(30)19-11-5-6-12-20(19)27-23(29)15-31-16-24-28-21-13-7-8-14-22(21)32-24/h2-14,17H,15-16H2,1H3,(H,26,30)(H,27,29). The molecule has 32 heavy (non-hydrogen) atoms. The Hall–Kier alpha value is -3.16. The summed E-state index contributed by atoms with van der Waals surface area (Å²) in [5.41, 5.74) is 2.96. The number of para-hydroxylation sites is 2. The van der Waals surface area contributed by atoms with Crippen molar-refractivity contribution in [2.45, 2.75) is 18.7 Å². The molecule has 0 saturated carbocycles. The number of carbonyl (C=O) groups excluding carboxylic acids is 2. The van der Waals surface area contributed by atoms with Crippen LogP contribution in [0.1, 0.15) is 33.9 Å². The highest BCUT2D eigenvalue weighted by Crippen LogP contribution is 2.25. The van der Waals surface area contributed by atoms with Gasteiger partial charge in [0.05, 0.1) is 33.3 Å². The number of nitrogens with one attached hydrogen (secondary N) is 2. The van der Waals surface area contributed by atoms with Crippen LogP contribution in [0.25, 0.3) is 10.2 Å². The van der Waals surface area contributed by atoms with Crippen molar-refractivity contribution in [1.82, 2.24) is 10.3 Å². The van der Waals surface area contributed by atoms with Crippen molar-refractivity contribution in [2.24, 2.45) is 0 Å². The number of hydrogen-bond acceptors (Lipinski definition) is 5. The van der Waals surface area contributed by atoms with Crippen molar-refractivity contribution in [3.05, 3.63) is 95.0 Å². The first-order valence-electron chi connectivity index (χ1n) is 10.3. The van der Waals surface area contributed by atoms with Gasteiger partial charge in [-0.1, -0.05) is 54.6 Å². The minimum absolute atomic E-state index is 0.142. The molecule has 4 rings (SSSR count). The predicted octanol–water partition coefficient (Wildman–Crippen LogP) is 5.66. The smallest absolute Gasteiger partial charge is 0.253 e. The molecule has 7 heteroatoms. The van der Waals surface area contributed by atoms with Crippen LogP contribution in [0.5, 0.6) is 0 Å². The Morgan fingerprint density at radius 2 is 1.69 bits per heavy atom. The molecule has 1 aromatic heterocycles. The number of carbonyl (C=O) groups is 2. The van der Waals surface area contributed by atoms with Crippen molar-refractivity contribution in [3.63, 3.8) is 0 Å². The average Bonchev–Trinajstić information content (AvgIpc) is 3.22. The number of thiazole rings is 1. The van der Waals surface area contributed by atoms with Gasteiger partial charge in [-0.05, 0) is 36.8 Å². The fourth-order valence-corrected chi connectivity index (χ4v) is 5.14. The summed E-state index contributed by atoms with van der Waals surface area (Å²) in [4.78, 5) is 29.9. The van der Waals surface area contributed by atoms with Crippen molar-refractivity contribution < 1.29 is 9.59 Å². The number of benzene rings is 3. The van der Waals surface area contributed by atoms with E-state index >= 15 is 0 Å². The maximum Gasteiger partial charge on any atom is 0.253 e. The molecule has 1 atom stereocenters. The summed E-state index contributed by atoms with van der Waals surface area (Å²) in [6.07, 6.45) is 0. The maximum absolute atomic E-state index is 12.8. The number of anilines is 1. The van der Waals surface area contributed by atoms with Gasteiger partial charge in [0.1, 0.15) is 5.01 Å². The Labute approximate surface area is 195 Å². The molecule has 0 aliphatic rings. The van der Waals surface area contributed by atoms with E-state index in [1.165, 1.54) is 11.8 Å². The quantitative estimate of drug-likeness (QED) is 0.355. The third-order valence-corrected chi connectivity index (χ3v) is 7.05. The van der Waals surface area contributed by atoms with Crippen LogP contribution in [0.3, 0.4) is 0 Å². The molecular formula is C25H23N3O2S2. The first-order chi connectivity index (χ1) is 15.6. The first-order valence-corrected chi connectivity index (χ1v) is 12.2. The number of nitrogens with zero attached hydrogens (tertiary/aromatic N) is 1. The predicted molar refractivity (Wildman–Crippen MR) is 133 cm³/mol. The summed E-state index contributed by atoms with van der Waals surface area (Å²) in [7, 11) is 0. The minimum atomic E-state index is -0.223. The second kappa shape index (κ2) is 10.4. The van der Waals surface area contributed by atoms with E-state index in [0.717, 1.165) is 20.8 Å². The van der Waals surface area contributed by atoms with Crippen LogP contribution < -0.4 is 10.6 Å². The molecule has 2 N–H and O–H groups in total. The summed E-state index contributed by atoms with van der Waals surface area (Å²) in [6, 6.07) is 24.7. The fraction of sp³-hybridized carbons (Fsp3) is 0.160. The molecule has 0 bridgehead atoms. The van der Waals surface area contributed by atoms with Gasteiger partial charge >= 0.3 is 0 Å². The van der Waals surface area contributed by atoms with Gasteiger partial charge in [-0.25, -0.2) is 4.98 Å². The van der Waals surface area contributed by atoms with E-state index in [-0.39, 0.29) is 23.6 Å². The van der Waals surface area contributed by atoms with E-state index in [4.69, 9.17) is 0 Å². The van der Waals surface area contributed by atoms with E-state index in [9.17, 15) is 9.59 Å². The van der Waals surface area contributed by atoms with Crippen LogP contribution in [0.15, 0.2) is 78.9 Å². The molecule has 4 aromatic rings. The molecule has 0 spiro atoms. The summed E-state index contributed by atoms with van der Waals surface area (Å²) in [5.74, 6) is 0.585. The normalized spacial score (nSPS) is 11.8. The molecule has 1 unspecified atom stereocenters. The zero-order chi connectivity index (χ0) is 22.3. The number of fused-ring (bicyclic) bond motifs is 1. The zero-order valence-electron chi connectivity index (χ0n) is 17.6. The maximum atomic E-state index is 12.8. The largest absolute Gasteiger partial charge is 0.345 e. The minimum Gasteiger partial charge on any atom is -0.345 e. The SMILES string of the molecule is CC(NC(=O)c1ccccc1NC(=O)CSCc1nc2ccccc2s1)c1ccccc1. The van der Waals surface area contributed by atoms with Crippen molar-refractivity contribution in [2.75, 3.05) is 11.1 Å². The molecule has 0 saturated heterocycles. The lowest BCUT2D eigenvalue weighted by molar-refractivity contribution is -0.113. The van der Waals surface area contributed by atoms with Gasteiger partial charge in [0.25, 0.3) is 5.91 Å². The molecule has 0 aliphatic carbocycles. The summed E-state index contributed by atoms with van der Waals surface area (Å²) in [5, 5.41) is 6.88.